The Morgan fingerprint density at radius 2 is 2.17 bits per heavy atom. The zero-order valence-corrected chi connectivity index (χ0v) is 12.2. The second-order valence-corrected chi connectivity index (χ2v) is 4.54. The van der Waals surface area contributed by atoms with Crippen molar-refractivity contribution in [2.45, 2.75) is 0 Å². The van der Waals surface area contributed by atoms with Crippen LogP contribution in [-0.2, 0) is 4.79 Å². The largest absolute Gasteiger partial charge is 0.507 e. The molecule has 2 N–H and O–H groups in total. The Bertz CT molecular complexity index is 794. The average molecular weight is 333 g/mol. The predicted octanol–water partition coefficient (Wildman–Crippen LogP) is 1.97. The molecule has 0 aromatic heterocycles. The van der Waals surface area contributed by atoms with Crippen LogP contribution in [0.3, 0.4) is 0 Å². The van der Waals surface area contributed by atoms with Crippen LogP contribution in [0, 0.1) is 15.9 Å². The van der Waals surface area contributed by atoms with Crippen LogP contribution in [0.25, 0.3) is 0 Å². The van der Waals surface area contributed by atoms with Crippen molar-refractivity contribution >= 4 is 17.8 Å². The number of hydrogen-bond acceptors (Lipinski definition) is 6. The lowest BCUT2D eigenvalue weighted by Gasteiger charge is -2.04. The molecule has 0 aliphatic heterocycles. The molecule has 2 rings (SSSR count). The van der Waals surface area contributed by atoms with E-state index in [9.17, 15) is 24.4 Å². The number of phenolic OH excluding ortho intramolecular Hbond substituents is 1. The molecule has 0 fully saturated rings. The molecule has 8 nitrogen and oxygen atoms in total. The van der Waals surface area contributed by atoms with Crippen molar-refractivity contribution < 1.29 is 24.0 Å². The van der Waals surface area contributed by atoms with E-state index in [-0.39, 0.29) is 22.7 Å². The number of carbonyl (C=O) groups is 1. The van der Waals surface area contributed by atoms with E-state index in [1.807, 2.05) is 0 Å². The third kappa shape index (κ3) is 4.77. The predicted molar refractivity (Wildman–Crippen MR) is 82.4 cm³/mol. The number of aromatic hydroxyl groups is 1. The first-order chi connectivity index (χ1) is 11.5. The summed E-state index contributed by atoms with van der Waals surface area (Å²) in [6.45, 7) is -0.401. The number of ether oxygens (including phenoxy) is 1. The molecule has 1 amide bonds. The standard InChI is InChI=1S/C15H12FN3O5/c16-11-2-1-3-13(7-11)24-9-15(21)18-17-8-10-6-12(19(22)23)4-5-14(10)20/h1-8,20H,9H2,(H,18,21)/b17-8-. The third-order valence-corrected chi connectivity index (χ3v) is 2.78. The maximum Gasteiger partial charge on any atom is 0.277 e. The summed E-state index contributed by atoms with van der Waals surface area (Å²) in [5, 5.41) is 23.8. The number of hydrogen-bond donors (Lipinski definition) is 2. The molecule has 0 bridgehead atoms. The minimum Gasteiger partial charge on any atom is -0.507 e. The molecule has 0 unspecified atom stereocenters. The number of non-ortho nitro benzene ring substituents is 1. The first-order valence-electron chi connectivity index (χ1n) is 6.63. The summed E-state index contributed by atoms with van der Waals surface area (Å²) < 4.78 is 18.0. The van der Waals surface area contributed by atoms with Crippen molar-refractivity contribution in [3.05, 3.63) is 64.0 Å². The molecule has 24 heavy (non-hydrogen) atoms. The molecule has 2 aromatic rings. The molecule has 0 saturated heterocycles. The Hall–Kier alpha value is -3.49. The van der Waals surface area contributed by atoms with Gasteiger partial charge in [0.15, 0.2) is 6.61 Å². The minimum absolute atomic E-state index is 0.0653. The summed E-state index contributed by atoms with van der Waals surface area (Å²) in [7, 11) is 0. The highest BCUT2D eigenvalue weighted by atomic mass is 19.1. The zero-order chi connectivity index (χ0) is 17.5. The fraction of sp³-hybridized carbons (Fsp3) is 0.0667. The fourth-order valence-corrected chi connectivity index (χ4v) is 1.67. The maximum absolute atomic E-state index is 12.9. The van der Waals surface area contributed by atoms with E-state index < -0.39 is 23.3 Å². The van der Waals surface area contributed by atoms with Gasteiger partial charge in [-0.3, -0.25) is 14.9 Å². The first kappa shape index (κ1) is 16.9. The number of carbonyl (C=O) groups excluding carboxylic acids is 1. The third-order valence-electron chi connectivity index (χ3n) is 2.78. The van der Waals surface area contributed by atoms with Crippen LogP contribution in [0.4, 0.5) is 10.1 Å². The molecule has 0 aliphatic carbocycles. The van der Waals surface area contributed by atoms with Crippen LogP contribution in [0.1, 0.15) is 5.56 Å². The highest BCUT2D eigenvalue weighted by Crippen LogP contribution is 2.21. The molecule has 2 aromatic carbocycles. The van der Waals surface area contributed by atoms with Crippen molar-refractivity contribution in [3.8, 4) is 11.5 Å². The number of nitro benzene ring substituents is 1. The van der Waals surface area contributed by atoms with Crippen LogP contribution in [0.15, 0.2) is 47.6 Å². The van der Waals surface area contributed by atoms with E-state index >= 15 is 0 Å². The SMILES string of the molecule is O=C(COc1cccc(F)c1)N/N=C\c1cc([N+](=O)[O-])ccc1O. The van der Waals surface area contributed by atoms with Crippen molar-refractivity contribution in [2.75, 3.05) is 6.61 Å². The quantitative estimate of drug-likeness (QED) is 0.476. The Balaban J connectivity index is 1.90. The second kappa shape index (κ2) is 7.68. The molecule has 0 radical (unpaired) electrons. The van der Waals surface area contributed by atoms with Crippen LogP contribution < -0.4 is 10.2 Å². The van der Waals surface area contributed by atoms with Gasteiger partial charge in [0.05, 0.1) is 11.1 Å². The van der Waals surface area contributed by atoms with Gasteiger partial charge in [-0.1, -0.05) is 6.07 Å². The van der Waals surface area contributed by atoms with E-state index in [0.717, 1.165) is 30.5 Å². The summed E-state index contributed by atoms with van der Waals surface area (Å²) in [6, 6.07) is 8.67. The molecule has 0 atom stereocenters. The highest BCUT2D eigenvalue weighted by Gasteiger charge is 2.09. The number of hydrazone groups is 1. The van der Waals surface area contributed by atoms with E-state index in [1.165, 1.54) is 18.2 Å². The maximum atomic E-state index is 12.9. The van der Waals surface area contributed by atoms with E-state index in [2.05, 4.69) is 10.5 Å². The van der Waals surface area contributed by atoms with E-state index in [0.29, 0.717) is 0 Å². The van der Waals surface area contributed by atoms with E-state index in [4.69, 9.17) is 4.74 Å². The Morgan fingerprint density at radius 1 is 1.38 bits per heavy atom. The lowest BCUT2D eigenvalue weighted by Crippen LogP contribution is -2.24. The van der Waals surface area contributed by atoms with Crippen LogP contribution in [0.5, 0.6) is 11.5 Å². The minimum atomic E-state index is -0.625. The number of benzene rings is 2. The van der Waals surface area contributed by atoms with Gasteiger partial charge in [0, 0.05) is 23.8 Å². The molecular formula is C15H12FN3O5. The van der Waals surface area contributed by atoms with Gasteiger partial charge in [0.2, 0.25) is 0 Å². The van der Waals surface area contributed by atoms with Gasteiger partial charge < -0.3 is 9.84 Å². The van der Waals surface area contributed by atoms with Crippen LogP contribution in [0.2, 0.25) is 0 Å². The van der Waals surface area contributed by atoms with Gasteiger partial charge in [0.1, 0.15) is 17.3 Å². The van der Waals surface area contributed by atoms with Crippen molar-refractivity contribution in [3.63, 3.8) is 0 Å². The zero-order valence-electron chi connectivity index (χ0n) is 12.2. The summed E-state index contributed by atoms with van der Waals surface area (Å²) in [5.41, 5.74) is 1.96. The van der Waals surface area contributed by atoms with Crippen molar-refractivity contribution in [2.24, 2.45) is 5.10 Å². The number of rotatable bonds is 6. The number of nitrogens with one attached hydrogen (secondary N) is 1. The normalized spacial score (nSPS) is 10.5. The first-order valence-corrected chi connectivity index (χ1v) is 6.63. The lowest BCUT2D eigenvalue weighted by molar-refractivity contribution is -0.384. The number of halogens is 1. The smallest absolute Gasteiger partial charge is 0.277 e. The van der Waals surface area contributed by atoms with Crippen molar-refractivity contribution in [1.82, 2.24) is 5.43 Å². The van der Waals surface area contributed by atoms with Gasteiger partial charge >= 0.3 is 0 Å². The van der Waals surface area contributed by atoms with E-state index in [1.54, 1.807) is 0 Å². The Labute approximate surface area is 135 Å². The number of phenols is 1. The Kier molecular flexibility index (Phi) is 5.40. The van der Waals surface area contributed by atoms with Crippen LogP contribution in [-0.4, -0.2) is 28.8 Å². The van der Waals surface area contributed by atoms with Crippen molar-refractivity contribution in [1.29, 1.82) is 0 Å². The van der Waals surface area contributed by atoms with Crippen LogP contribution >= 0.6 is 0 Å². The molecule has 0 aliphatic rings. The summed E-state index contributed by atoms with van der Waals surface area (Å²) in [5.74, 6) is -1.16. The lowest BCUT2D eigenvalue weighted by atomic mass is 10.2. The van der Waals surface area contributed by atoms with Gasteiger partial charge in [-0.05, 0) is 18.2 Å². The number of nitro groups is 1. The molecule has 0 spiro atoms. The molecular weight excluding hydrogens is 321 g/mol. The summed E-state index contributed by atoms with van der Waals surface area (Å²) in [4.78, 5) is 21.6. The van der Waals surface area contributed by atoms with Gasteiger partial charge in [-0.15, -0.1) is 0 Å². The fourth-order valence-electron chi connectivity index (χ4n) is 1.67. The monoisotopic (exact) mass is 333 g/mol. The second-order valence-electron chi connectivity index (χ2n) is 4.54. The summed E-state index contributed by atoms with van der Waals surface area (Å²) >= 11 is 0. The van der Waals surface area contributed by atoms with Gasteiger partial charge in [-0.25, -0.2) is 9.82 Å². The molecule has 124 valence electrons. The number of amides is 1. The molecule has 0 heterocycles. The van der Waals surface area contributed by atoms with Gasteiger partial charge in [0.25, 0.3) is 11.6 Å². The topological polar surface area (TPSA) is 114 Å². The van der Waals surface area contributed by atoms with Gasteiger partial charge in [-0.2, -0.15) is 5.10 Å². The molecule has 9 heteroatoms. The number of nitrogens with zero attached hydrogens (tertiary/aromatic N) is 2. The molecule has 0 saturated carbocycles. The summed E-state index contributed by atoms with van der Waals surface area (Å²) in [6.07, 6.45) is 1.06. The highest BCUT2D eigenvalue weighted by molar-refractivity contribution is 5.86. The Morgan fingerprint density at radius 3 is 2.88 bits per heavy atom. The average Bonchev–Trinajstić information content (AvgIpc) is 2.54.